The van der Waals surface area contributed by atoms with Gasteiger partial charge in [0.2, 0.25) is 10.0 Å². The molecular weight excluding hydrogens is 400 g/mol. The number of nitrogens with one attached hydrogen (secondary N) is 2. The van der Waals surface area contributed by atoms with Crippen LogP contribution in [0.25, 0.3) is 21.8 Å². The van der Waals surface area contributed by atoms with Crippen LogP contribution in [-0.4, -0.2) is 50.6 Å². The summed E-state index contributed by atoms with van der Waals surface area (Å²) in [5, 5.41) is 1.72. The maximum atomic E-state index is 13.3. The van der Waals surface area contributed by atoms with Crippen molar-refractivity contribution < 1.29 is 13.2 Å². The zero-order valence-corrected chi connectivity index (χ0v) is 18.3. The third kappa shape index (κ3) is 3.47. The van der Waals surface area contributed by atoms with Crippen LogP contribution in [0.1, 0.15) is 11.6 Å². The van der Waals surface area contributed by atoms with Crippen LogP contribution in [0.3, 0.4) is 0 Å². The molecule has 0 radical (unpaired) electrons. The van der Waals surface area contributed by atoms with Crippen LogP contribution in [0.15, 0.2) is 59.8 Å². The van der Waals surface area contributed by atoms with E-state index in [-0.39, 0.29) is 17.5 Å². The fourth-order valence-corrected chi connectivity index (χ4v) is 5.40. The Kier molecular flexibility index (Phi) is 5.31. The van der Waals surface area contributed by atoms with Crippen LogP contribution in [0, 0.1) is 0 Å². The zero-order valence-electron chi connectivity index (χ0n) is 17.5. The molecule has 0 spiro atoms. The quantitative estimate of drug-likeness (QED) is 0.475. The minimum absolute atomic E-state index is 0.137. The number of sulfonamides is 1. The number of aromatic amines is 1. The van der Waals surface area contributed by atoms with Crippen molar-refractivity contribution in [3.63, 3.8) is 0 Å². The Morgan fingerprint density at radius 2 is 1.90 bits per heavy atom. The summed E-state index contributed by atoms with van der Waals surface area (Å²) in [5.41, 5.74) is 2.93. The van der Waals surface area contributed by atoms with E-state index in [4.69, 9.17) is 4.74 Å². The van der Waals surface area contributed by atoms with E-state index in [1.54, 1.807) is 18.3 Å². The summed E-state index contributed by atoms with van der Waals surface area (Å²) in [5.74, 6) is 0.321. The van der Waals surface area contributed by atoms with Crippen molar-refractivity contribution in [1.82, 2.24) is 19.2 Å². The molecule has 8 heteroatoms. The standard InChI is InChI=1S/C22H26N4O3S/c1-25(2)20(17-14-26(3)19-8-6-5-7-15(17)19)13-24-30(27,28)22-16-11-12-23-18(16)9-10-21(22)29-4/h5-12,14,20,23-24H,13H2,1-4H3. The molecule has 0 amide bonds. The topological polar surface area (TPSA) is 79.4 Å². The van der Waals surface area contributed by atoms with Crippen LogP contribution in [0.5, 0.6) is 5.75 Å². The molecule has 0 saturated heterocycles. The van der Waals surface area contributed by atoms with Crippen molar-refractivity contribution in [2.45, 2.75) is 10.9 Å². The number of likely N-dealkylation sites (N-methyl/N-ethyl adjacent to an activating group) is 1. The molecule has 2 aromatic carbocycles. The first kappa shape index (κ1) is 20.5. The van der Waals surface area contributed by atoms with Crippen LogP contribution in [0.2, 0.25) is 0 Å². The molecule has 158 valence electrons. The van der Waals surface area contributed by atoms with Gasteiger partial charge in [0.25, 0.3) is 0 Å². The Morgan fingerprint density at radius 1 is 1.13 bits per heavy atom. The summed E-state index contributed by atoms with van der Waals surface area (Å²) >= 11 is 0. The normalized spacial score (nSPS) is 13.4. The summed E-state index contributed by atoms with van der Waals surface area (Å²) in [6, 6.07) is 13.2. The Balaban J connectivity index is 1.71. The summed E-state index contributed by atoms with van der Waals surface area (Å²) in [6.07, 6.45) is 3.79. The monoisotopic (exact) mass is 426 g/mol. The van der Waals surface area contributed by atoms with Crippen molar-refractivity contribution in [2.75, 3.05) is 27.7 Å². The summed E-state index contributed by atoms with van der Waals surface area (Å²) in [6.45, 7) is 0.229. The molecule has 0 fully saturated rings. The Hall–Kier alpha value is -2.81. The fraction of sp³-hybridized carbons (Fsp3) is 0.273. The van der Waals surface area contributed by atoms with Crippen LogP contribution in [0.4, 0.5) is 0 Å². The maximum absolute atomic E-state index is 13.3. The predicted molar refractivity (Wildman–Crippen MR) is 119 cm³/mol. The number of nitrogens with zero attached hydrogens (tertiary/aromatic N) is 2. The molecule has 0 aliphatic rings. The molecule has 0 saturated carbocycles. The van der Waals surface area contributed by atoms with Crippen molar-refractivity contribution in [3.05, 3.63) is 60.4 Å². The lowest BCUT2D eigenvalue weighted by Gasteiger charge is -2.25. The molecule has 0 aliphatic heterocycles. The number of fused-ring (bicyclic) bond motifs is 2. The Morgan fingerprint density at radius 3 is 2.63 bits per heavy atom. The van der Waals surface area contributed by atoms with Gasteiger partial charge >= 0.3 is 0 Å². The van der Waals surface area contributed by atoms with Gasteiger partial charge in [-0.1, -0.05) is 18.2 Å². The van der Waals surface area contributed by atoms with Gasteiger partial charge in [0.05, 0.1) is 7.11 Å². The number of rotatable bonds is 7. The smallest absolute Gasteiger partial charge is 0.244 e. The molecule has 2 aromatic heterocycles. The molecule has 1 unspecified atom stereocenters. The first-order chi connectivity index (χ1) is 14.3. The molecule has 2 N–H and O–H groups in total. The maximum Gasteiger partial charge on any atom is 0.244 e. The molecule has 4 aromatic rings. The lowest BCUT2D eigenvalue weighted by Crippen LogP contribution is -2.34. The van der Waals surface area contributed by atoms with Crippen LogP contribution >= 0.6 is 0 Å². The number of hydrogen-bond donors (Lipinski definition) is 2. The lowest BCUT2D eigenvalue weighted by molar-refractivity contribution is 0.301. The van der Waals surface area contributed by atoms with E-state index < -0.39 is 10.0 Å². The highest BCUT2D eigenvalue weighted by atomic mass is 32.2. The van der Waals surface area contributed by atoms with Gasteiger partial charge in [0.1, 0.15) is 10.6 Å². The second-order valence-electron chi connectivity index (χ2n) is 7.58. The number of aryl methyl sites for hydroxylation is 1. The van der Waals surface area contributed by atoms with Crippen molar-refractivity contribution in [1.29, 1.82) is 0 Å². The van der Waals surface area contributed by atoms with Crippen LogP contribution in [-0.2, 0) is 17.1 Å². The number of benzene rings is 2. The second-order valence-corrected chi connectivity index (χ2v) is 9.28. The summed E-state index contributed by atoms with van der Waals surface area (Å²) < 4.78 is 36.9. The molecule has 4 rings (SSSR count). The molecule has 1 atom stereocenters. The number of hydrogen-bond acceptors (Lipinski definition) is 4. The number of aromatic nitrogens is 2. The molecule has 7 nitrogen and oxygen atoms in total. The van der Waals surface area contributed by atoms with E-state index >= 15 is 0 Å². The Labute approximate surface area is 176 Å². The molecule has 2 heterocycles. The van der Waals surface area contributed by atoms with Gasteiger partial charge in [-0.25, -0.2) is 13.1 Å². The number of H-pyrrole nitrogens is 1. The van der Waals surface area contributed by atoms with E-state index in [0.29, 0.717) is 11.1 Å². The number of para-hydroxylation sites is 1. The first-order valence-corrected chi connectivity index (χ1v) is 11.2. The molecule has 0 bridgehead atoms. The van der Waals surface area contributed by atoms with E-state index in [1.165, 1.54) is 7.11 Å². The highest BCUT2D eigenvalue weighted by Crippen LogP contribution is 2.33. The van der Waals surface area contributed by atoms with Gasteiger partial charge in [-0.2, -0.15) is 0 Å². The van der Waals surface area contributed by atoms with Gasteiger partial charge in [-0.15, -0.1) is 0 Å². The van der Waals surface area contributed by atoms with E-state index in [9.17, 15) is 8.42 Å². The third-order valence-electron chi connectivity index (χ3n) is 5.51. The molecular formula is C22H26N4O3S. The van der Waals surface area contributed by atoms with Gasteiger partial charge in [-0.05, 0) is 43.9 Å². The predicted octanol–water partition coefficient (Wildman–Crippen LogP) is 3.25. The average Bonchev–Trinajstić information content (AvgIpc) is 3.32. The lowest BCUT2D eigenvalue weighted by atomic mass is 10.1. The highest BCUT2D eigenvalue weighted by molar-refractivity contribution is 7.89. The molecule has 30 heavy (non-hydrogen) atoms. The minimum Gasteiger partial charge on any atom is -0.495 e. The number of methoxy groups -OCH3 is 1. The van der Waals surface area contributed by atoms with Crippen molar-refractivity contribution in [3.8, 4) is 5.75 Å². The van der Waals surface area contributed by atoms with Crippen molar-refractivity contribution in [2.24, 2.45) is 7.05 Å². The van der Waals surface area contributed by atoms with Gasteiger partial charge in [-0.3, -0.25) is 0 Å². The SMILES string of the molecule is COc1ccc2[nH]ccc2c1S(=O)(=O)NCC(c1cn(C)c2ccccc12)N(C)C. The van der Waals surface area contributed by atoms with Gasteiger partial charge < -0.3 is 19.2 Å². The zero-order chi connectivity index (χ0) is 21.5. The minimum atomic E-state index is -3.81. The summed E-state index contributed by atoms with van der Waals surface area (Å²) in [4.78, 5) is 5.23. The second kappa shape index (κ2) is 7.79. The highest BCUT2D eigenvalue weighted by Gasteiger charge is 2.26. The third-order valence-corrected chi connectivity index (χ3v) is 7.02. The average molecular weight is 427 g/mol. The van der Waals surface area contributed by atoms with E-state index in [2.05, 4.69) is 32.6 Å². The Bertz CT molecular complexity index is 1300. The van der Waals surface area contributed by atoms with Gasteiger partial charge in [0, 0.05) is 53.8 Å². The first-order valence-electron chi connectivity index (χ1n) is 9.67. The van der Waals surface area contributed by atoms with Crippen molar-refractivity contribution >= 4 is 31.8 Å². The fourth-order valence-electron chi connectivity index (χ4n) is 3.99. The van der Waals surface area contributed by atoms with E-state index in [0.717, 1.165) is 22.0 Å². The summed E-state index contributed by atoms with van der Waals surface area (Å²) in [7, 11) is 3.57. The molecule has 0 aliphatic carbocycles. The van der Waals surface area contributed by atoms with Gasteiger partial charge in [0.15, 0.2) is 0 Å². The van der Waals surface area contributed by atoms with Crippen LogP contribution < -0.4 is 9.46 Å². The number of ether oxygens (including phenoxy) is 1. The van der Waals surface area contributed by atoms with E-state index in [1.807, 2.05) is 44.2 Å². The largest absolute Gasteiger partial charge is 0.495 e.